The molecule has 0 spiro atoms. The van der Waals surface area contributed by atoms with Crippen molar-refractivity contribution in [3.63, 3.8) is 0 Å². The van der Waals surface area contributed by atoms with Crippen LogP contribution < -0.4 is 14.2 Å². The number of rotatable bonds is 8. The Morgan fingerprint density at radius 1 is 1.17 bits per heavy atom. The monoisotopic (exact) mass is 486 g/mol. The molecule has 35 heavy (non-hydrogen) atoms. The van der Waals surface area contributed by atoms with Crippen LogP contribution in [-0.2, 0) is 6.42 Å². The van der Waals surface area contributed by atoms with E-state index in [4.69, 9.17) is 24.2 Å². The van der Waals surface area contributed by atoms with Crippen molar-refractivity contribution in [2.45, 2.75) is 20.3 Å². The van der Waals surface area contributed by atoms with Crippen LogP contribution in [0.3, 0.4) is 0 Å². The molecular formula is C27H26N4O3S. The number of benzene rings is 2. The van der Waals surface area contributed by atoms with E-state index in [1.807, 2.05) is 50.4 Å². The zero-order valence-corrected chi connectivity index (χ0v) is 20.9. The van der Waals surface area contributed by atoms with E-state index >= 15 is 0 Å². The molecule has 0 unspecified atom stereocenters. The van der Waals surface area contributed by atoms with Crippen LogP contribution >= 0.6 is 11.3 Å². The predicted molar refractivity (Wildman–Crippen MR) is 141 cm³/mol. The molecule has 2 aromatic carbocycles. The number of hydrogen-bond acceptors (Lipinski definition) is 7. The van der Waals surface area contributed by atoms with Crippen LogP contribution in [0.25, 0.3) is 22.3 Å². The Kier molecular flexibility index (Phi) is 6.37. The average Bonchev–Trinajstić information content (AvgIpc) is 3.59. The molecule has 0 saturated carbocycles. The van der Waals surface area contributed by atoms with Gasteiger partial charge in [0.1, 0.15) is 18.1 Å². The molecule has 0 saturated heterocycles. The SMILES string of the molecule is C/C=C(\N=C(/C)COc1cc(OC)cc2c1C=C(c1cn3nc(OC)sc3n1)C2)c1ccccc1. The highest BCUT2D eigenvalue weighted by atomic mass is 32.1. The molecule has 0 fully saturated rings. The molecule has 1 aliphatic rings. The summed E-state index contributed by atoms with van der Waals surface area (Å²) in [5.74, 6) is 1.53. The van der Waals surface area contributed by atoms with E-state index in [-0.39, 0.29) is 0 Å². The second kappa shape index (κ2) is 9.76. The minimum atomic E-state index is 0.372. The van der Waals surface area contributed by atoms with Gasteiger partial charge in [-0.15, -0.1) is 5.10 Å². The summed E-state index contributed by atoms with van der Waals surface area (Å²) in [6.45, 7) is 4.34. The number of imidazole rings is 1. The van der Waals surface area contributed by atoms with E-state index in [1.165, 1.54) is 11.3 Å². The van der Waals surface area contributed by atoms with Gasteiger partial charge in [0.25, 0.3) is 5.19 Å². The standard InChI is InChI=1S/C27H26N4O3S/c1-5-23(18-9-7-6-8-10-18)28-17(2)16-34-25-14-21(32-3)12-19-11-20(13-22(19)25)24-15-31-26(29-24)35-27(30-31)33-4/h5-10,12-15H,11,16H2,1-4H3/b23-5-,28-17+. The van der Waals surface area contributed by atoms with E-state index in [9.17, 15) is 0 Å². The van der Waals surface area contributed by atoms with Crippen LogP contribution in [0.15, 0.2) is 59.7 Å². The van der Waals surface area contributed by atoms with Crippen molar-refractivity contribution in [3.8, 4) is 16.7 Å². The minimum absolute atomic E-state index is 0.372. The fourth-order valence-electron chi connectivity index (χ4n) is 4.04. The molecule has 7 nitrogen and oxygen atoms in total. The maximum absolute atomic E-state index is 6.26. The first-order chi connectivity index (χ1) is 17.1. The summed E-state index contributed by atoms with van der Waals surface area (Å²) in [6.07, 6.45) is 6.83. The second-order valence-electron chi connectivity index (χ2n) is 8.15. The zero-order chi connectivity index (χ0) is 24.4. The lowest BCUT2D eigenvalue weighted by Crippen LogP contribution is -2.09. The van der Waals surface area contributed by atoms with Crippen molar-refractivity contribution in [2.24, 2.45) is 4.99 Å². The Morgan fingerprint density at radius 2 is 2.00 bits per heavy atom. The third kappa shape index (κ3) is 4.70. The number of aliphatic imine (C=N–C) groups is 1. The van der Waals surface area contributed by atoms with Crippen LogP contribution in [0, 0.1) is 0 Å². The molecule has 0 aliphatic heterocycles. The third-order valence-electron chi connectivity index (χ3n) is 5.76. The molecule has 0 N–H and O–H groups in total. The lowest BCUT2D eigenvalue weighted by molar-refractivity contribution is 0.367. The Bertz CT molecular complexity index is 1430. The number of fused-ring (bicyclic) bond motifs is 2. The van der Waals surface area contributed by atoms with Crippen molar-refractivity contribution in [1.29, 1.82) is 0 Å². The first-order valence-corrected chi connectivity index (χ1v) is 12.1. The number of hydrogen-bond donors (Lipinski definition) is 0. The van der Waals surface area contributed by atoms with Crippen LogP contribution in [0.2, 0.25) is 0 Å². The van der Waals surface area contributed by atoms with Crippen molar-refractivity contribution >= 4 is 39.4 Å². The maximum Gasteiger partial charge on any atom is 0.294 e. The van der Waals surface area contributed by atoms with Gasteiger partial charge in [0.05, 0.1) is 37.5 Å². The van der Waals surface area contributed by atoms with Crippen LogP contribution in [-0.4, -0.2) is 41.1 Å². The van der Waals surface area contributed by atoms with Crippen molar-refractivity contribution in [3.05, 3.63) is 77.1 Å². The van der Waals surface area contributed by atoms with Gasteiger partial charge in [-0.25, -0.2) is 9.50 Å². The van der Waals surface area contributed by atoms with Gasteiger partial charge in [0.15, 0.2) is 0 Å². The lowest BCUT2D eigenvalue weighted by atomic mass is 10.1. The van der Waals surface area contributed by atoms with Crippen LogP contribution in [0.5, 0.6) is 16.7 Å². The zero-order valence-electron chi connectivity index (χ0n) is 20.1. The first kappa shape index (κ1) is 22.9. The van der Waals surface area contributed by atoms with Gasteiger partial charge in [-0.05, 0) is 54.0 Å². The summed E-state index contributed by atoms with van der Waals surface area (Å²) >= 11 is 1.42. The molecule has 5 rings (SSSR count). The Hall–Kier alpha value is -3.91. The number of allylic oxidation sites excluding steroid dienone is 2. The van der Waals surface area contributed by atoms with Crippen molar-refractivity contribution in [1.82, 2.24) is 14.6 Å². The number of methoxy groups -OCH3 is 2. The normalized spacial score (nSPS) is 13.7. The Balaban J connectivity index is 1.39. The van der Waals surface area contributed by atoms with E-state index in [0.29, 0.717) is 11.8 Å². The Morgan fingerprint density at radius 3 is 2.71 bits per heavy atom. The van der Waals surface area contributed by atoms with Gasteiger partial charge in [-0.2, -0.15) is 0 Å². The molecule has 0 bridgehead atoms. The summed E-state index contributed by atoms with van der Waals surface area (Å²) in [6, 6.07) is 14.1. The smallest absolute Gasteiger partial charge is 0.294 e. The molecule has 0 amide bonds. The lowest BCUT2D eigenvalue weighted by Gasteiger charge is -2.13. The molecule has 1 aliphatic carbocycles. The van der Waals surface area contributed by atoms with Gasteiger partial charge >= 0.3 is 0 Å². The summed E-state index contributed by atoms with van der Waals surface area (Å²) in [5.41, 5.74) is 7.08. The Labute approximate surface area is 208 Å². The highest BCUT2D eigenvalue weighted by molar-refractivity contribution is 7.18. The van der Waals surface area contributed by atoms with Crippen molar-refractivity contribution < 1.29 is 14.2 Å². The van der Waals surface area contributed by atoms with Crippen LogP contribution in [0.4, 0.5) is 0 Å². The first-order valence-electron chi connectivity index (χ1n) is 11.3. The molecule has 8 heteroatoms. The van der Waals surface area contributed by atoms with Gasteiger partial charge in [-0.1, -0.05) is 36.4 Å². The average molecular weight is 487 g/mol. The maximum atomic E-state index is 6.26. The minimum Gasteiger partial charge on any atom is -0.497 e. The predicted octanol–water partition coefficient (Wildman–Crippen LogP) is 5.81. The van der Waals surface area contributed by atoms with E-state index in [0.717, 1.165) is 62.2 Å². The fourth-order valence-corrected chi connectivity index (χ4v) is 4.74. The molecule has 2 aromatic heterocycles. The largest absolute Gasteiger partial charge is 0.497 e. The topological polar surface area (TPSA) is 70.2 Å². The van der Waals surface area contributed by atoms with E-state index in [1.54, 1.807) is 18.7 Å². The third-order valence-corrected chi connectivity index (χ3v) is 6.64. The number of nitrogens with zero attached hydrogens (tertiary/aromatic N) is 4. The van der Waals surface area contributed by atoms with Gasteiger partial charge in [-0.3, -0.25) is 4.99 Å². The molecule has 0 atom stereocenters. The highest BCUT2D eigenvalue weighted by Crippen LogP contribution is 2.40. The van der Waals surface area contributed by atoms with Gasteiger partial charge < -0.3 is 14.2 Å². The van der Waals surface area contributed by atoms with E-state index in [2.05, 4.69) is 29.4 Å². The fraction of sp³-hybridized carbons (Fsp3) is 0.222. The summed E-state index contributed by atoms with van der Waals surface area (Å²) in [5, 5.41) is 4.97. The number of ether oxygens (including phenoxy) is 3. The highest BCUT2D eigenvalue weighted by Gasteiger charge is 2.22. The quantitative estimate of drug-likeness (QED) is 0.294. The number of aromatic nitrogens is 3. The molecule has 0 radical (unpaired) electrons. The van der Waals surface area contributed by atoms with Crippen molar-refractivity contribution in [2.75, 3.05) is 20.8 Å². The molecule has 4 aromatic rings. The molecule has 2 heterocycles. The van der Waals surface area contributed by atoms with Gasteiger partial charge in [0.2, 0.25) is 4.96 Å². The molecular weight excluding hydrogens is 460 g/mol. The van der Waals surface area contributed by atoms with Crippen LogP contribution in [0.1, 0.15) is 36.2 Å². The summed E-state index contributed by atoms with van der Waals surface area (Å²) < 4.78 is 18.8. The van der Waals surface area contributed by atoms with Gasteiger partial charge in [0, 0.05) is 18.1 Å². The van der Waals surface area contributed by atoms with E-state index < -0.39 is 0 Å². The summed E-state index contributed by atoms with van der Waals surface area (Å²) in [7, 11) is 3.28. The second-order valence-corrected chi connectivity index (χ2v) is 9.06. The summed E-state index contributed by atoms with van der Waals surface area (Å²) in [4.78, 5) is 10.3. The molecule has 178 valence electrons.